The summed E-state index contributed by atoms with van der Waals surface area (Å²) in [6, 6.07) is 6.05. The van der Waals surface area contributed by atoms with Crippen LogP contribution in [0.4, 0.5) is 0 Å². The van der Waals surface area contributed by atoms with Crippen molar-refractivity contribution in [3.8, 4) is 5.75 Å². The molecule has 0 radical (unpaired) electrons. The quantitative estimate of drug-likeness (QED) is 0.184. The van der Waals surface area contributed by atoms with E-state index in [2.05, 4.69) is 6.92 Å². The predicted molar refractivity (Wildman–Crippen MR) is 124 cm³/mol. The van der Waals surface area contributed by atoms with E-state index < -0.39 is 17.7 Å². The van der Waals surface area contributed by atoms with Gasteiger partial charge in [-0.05, 0) is 82.6 Å². The molecule has 0 spiro atoms. The Morgan fingerprint density at radius 1 is 1.31 bits per heavy atom. The summed E-state index contributed by atoms with van der Waals surface area (Å²) in [4.78, 5) is 22.6. The van der Waals surface area contributed by atoms with E-state index in [-0.39, 0.29) is 11.6 Å². The first-order valence-electron chi connectivity index (χ1n) is 11.7. The van der Waals surface area contributed by atoms with Gasteiger partial charge in [0.2, 0.25) is 5.60 Å². The highest BCUT2D eigenvalue weighted by Gasteiger charge is 2.47. The van der Waals surface area contributed by atoms with E-state index in [0.29, 0.717) is 31.0 Å². The molecule has 8 nitrogen and oxygen atoms in total. The van der Waals surface area contributed by atoms with Crippen LogP contribution >= 0.6 is 0 Å². The monoisotopic (exact) mass is 446 g/mol. The smallest absolute Gasteiger partial charge is 0.344 e. The van der Waals surface area contributed by atoms with Crippen molar-refractivity contribution in [1.29, 1.82) is 0 Å². The molecule has 1 aromatic carbocycles. The van der Waals surface area contributed by atoms with Crippen LogP contribution in [-0.2, 0) is 20.8 Å². The maximum Gasteiger partial charge on any atom is 0.344 e. The van der Waals surface area contributed by atoms with Gasteiger partial charge in [-0.1, -0.05) is 13.3 Å². The van der Waals surface area contributed by atoms with Crippen molar-refractivity contribution >= 4 is 11.8 Å². The van der Waals surface area contributed by atoms with Crippen LogP contribution in [0.25, 0.3) is 0 Å². The van der Waals surface area contributed by atoms with Crippen molar-refractivity contribution in [2.75, 3.05) is 6.61 Å². The number of nitrogens with two attached hydrogens (primary N) is 3. The standard InChI is InChI=1S/C24H38N4O4/c1-4-5-14-30-22(29)24(3,32-27)20-9-7-16-15-17(6-8-19(16)31-20)21(26)28-23(2)12-10-18(25)11-13-23/h6,8,15,18,20H,4-5,7,9-14,25,27H2,1-3H3,(H2,26,28)/t18?,20-,23?,24+/m1/s1. The molecule has 6 N–H and O–H groups in total. The molecular weight excluding hydrogens is 408 g/mol. The molecule has 2 atom stereocenters. The van der Waals surface area contributed by atoms with Crippen molar-refractivity contribution in [2.24, 2.45) is 22.4 Å². The third-order valence-electron chi connectivity index (χ3n) is 6.79. The summed E-state index contributed by atoms with van der Waals surface area (Å²) < 4.78 is 11.5. The molecule has 1 aliphatic carbocycles. The number of hydrogen-bond donors (Lipinski definition) is 3. The normalized spacial score (nSPS) is 27.7. The molecule has 1 heterocycles. The van der Waals surface area contributed by atoms with Crippen molar-refractivity contribution in [2.45, 2.75) is 95.4 Å². The second-order valence-corrected chi connectivity index (χ2v) is 9.51. The number of aliphatic imine (C=N–C) groups is 1. The number of amidine groups is 1. The number of aryl methyl sites for hydroxylation is 1. The summed E-state index contributed by atoms with van der Waals surface area (Å²) in [5, 5.41) is 0. The Bertz CT molecular complexity index is 835. The predicted octanol–water partition coefficient (Wildman–Crippen LogP) is 2.74. The van der Waals surface area contributed by atoms with E-state index >= 15 is 0 Å². The Kier molecular flexibility index (Phi) is 7.79. The summed E-state index contributed by atoms with van der Waals surface area (Å²) in [6.07, 6.45) is 6.27. The fourth-order valence-electron chi connectivity index (χ4n) is 4.37. The number of benzene rings is 1. The summed E-state index contributed by atoms with van der Waals surface area (Å²) in [7, 11) is 0. The molecule has 1 aliphatic heterocycles. The lowest BCUT2D eigenvalue weighted by Gasteiger charge is -2.36. The van der Waals surface area contributed by atoms with Gasteiger partial charge in [-0.15, -0.1) is 0 Å². The summed E-state index contributed by atoms with van der Waals surface area (Å²) >= 11 is 0. The van der Waals surface area contributed by atoms with Crippen molar-refractivity contribution in [3.05, 3.63) is 29.3 Å². The molecule has 8 heteroatoms. The first-order valence-corrected chi connectivity index (χ1v) is 11.7. The van der Waals surface area contributed by atoms with Crippen molar-refractivity contribution < 1.29 is 19.1 Å². The van der Waals surface area contributed by atoms with Gasteiger partial charge in [0.25, 0.3) is 0 Å². The van der Waals surface area contributed by atoms with Crippen molar-refractivity contribution in [1.82, 2.24) is 0 Å². The van der Waals surface area contributed by atoms with E-state index in [0.717, 1.165) is 49.7 Å². The van der Waals surface area contributed by atoms with E-state index in [1.165, 1.54) is 0 Å². The number of hydrogen-bond acceptors (Lipinski definition) is 7. The molecule has 1 fully saturated rings. The summed E-state index contributed by atoms with van der Waals surface area (Å²) in [5.41, 5.74) is 12.8. The number of rotatable bonds is 8. The van der Waals surface area contributed by atoms with E-state index in [4.69, 9.17) is 36.7 Å². The number of fused-ring (bicyclic) bond motifs is 1. The Morgan fingerprint density at radius 2 is 2.03 bits per heavy atom. The van der Waals surface area contributed by atoms with E-state index in [1.807, 2.05) is 25.1 Å². The van der Waals surface area contributed by atoms with Crippen LogP contribution in [-0.4, -0.2) is 41.7 Å². The molecule has 1 saturated carbocycles. The van der Waals surface area contributed by atoms with Crippen LogP contribution in [0.2, 0.25) is 0 Å². The van der Waals surface area contributed by atoms with Gasteiger partial charge in [-0.25, -0.2) is 10.7 Å². The van der Waals surface area contributed by atoms with Crippen LogP contribution in [0.15, 0.2) is 23.2 Å². The second-order valence-electron chi connectivity index (χ2n) is 9.51. The molecule has 0 bridgehead atoms. The van der Waals surface area contributed by atoms with Crippen LogP contribution in [0, 0.1) is 0 Å². The van der Waals surface area contributed by atoms with Crippen molar-refractivity contribution in [3.63, 3.8) is 0 Å². The second kappa shape index (κ2) is 10.2. The summed E-state index contributed by atoms with van der Waals surface area (Å²) in [6.45, 7) is 6.13. The zero-order chi connectivity index (χ0) is 23.4. The maximum absolute atomic E-state index is 12.6. The number of esters is 1. The maximum atomic E-state index is 12.6. The largest absolute Gasteiger partial charge is 0.486 e. The zero-order valence-corrected chi connectivity index (χ0v) is 19.6. The molecule has 0 unspecified atom stereocenters. The fourth-order valence-corrected chi connectivity index (χ4v) is 4.37. The van der Waals surface area contributed by atoms with Gasteiger partial charge in [0.1, 0.15) is 17.7 Å². The molecule has 1 aromatic rings. The van der Waals surface area contributed by atoms with Gasteiger partial charge in [0, 0.05) is 11.6 Å². The van der Waals surface area contributed by atoms with Crippen LogP contribution in [0.5, 0.6) is 5.75 Å². The molecular formula is C24H38N4O4. The zero-order valence-electron chi connectivity index (χ0n) is 19.6. The average molecular weight is 447 g/mol. The lowest BCUT2D eigenvalue weighted by atomic mass is 9.81. The molecule has 0 saturated heterocycles. The highest BCUT2D eigenvalue weighted by atomic mass is 16.7. The average Bonchev–Trinajstić information content (AvgIpc) is 2.80. The minimum absolute atomic E-state index is 0.171. The Hall–Kier alpha value is -2.16. The van der Waals surface area contributed by atoms with Gasteiger partial charge >= 0.3 is 5.97 Å². The molecule has 3 rings (SSSR count). The molecule has 0 aromatic heterocycles. The number of carbonyl (C=O) groups is 1. The SMILES string of the molecule is CCCCOC(=O)[C@@](C)(ON)[C@H]1CCc2cc(C(N)=NC3(C)CCC(N)CC3)ccc2O1. The third kappa shape index (κ3) is 5.42. The Balaban J connectivity index is 1.72. The Morgan fingerprint density at radius 3 is 2.69 bits per heavy atom. The van der Waals surface area contributed by atoms with E-state index in [9.17, 15) is 4.79 Å². The highest BCUT2D eigenvalue weighted by molar-refractivity contribution is 5.98. The highest BCUT2D eigenvalue weighted by Crippen LogP contribution is 2.35. The van der Waals surface area contributed by atoms with Gasteiger partial charge in [0.05, 0.1) is 12.1 Å². The first-order chi connectivity index (χ1) is 15.2. The lowest BCUT2D eigenvalue weighted by molar-refractivity contribution is -0.185. The first kappa shape index (κ1) is 24.5. The van der Waals surface area contributed by atoms with Gasteiger partial charge in [-0.3, -0.25) is 9.83 Å². The third-order valence-corrected chi connectivity index (χ3v) is 6.79. The number of unbranched alkanes of at least 4 members (excludes halogenated alkanes) is 1. The number of nitrogens with zero attached hydrogens (tertiary/aromatic N) is 1. The number of ether oxygens (including phenoxy) is 2. The molecule has 2 aliphatic rings. The fraction of sp³-hybridized carbons (Fsp3) is 0.667. The van der Waals surface area contributed by atoms with Crippen LogP contribution in [0.3, 0.4) is 0 Å². The molecule has 178 valence electrons. The lowest BCUT2D eigenvalue weighted by Crippen LogP contribution is -2.55. The molecule has 0 amide bonds. The van der Waals surface area contributed by atoms with Gasteiger partial charge < -0.3 is 20.9 Å². The Labute approximate surface area is 190 Å². The van der Waals surface area contributed by atoms with E-state index in [1.54, 1.807) is 6.92 Å². The van der Waals surface area contributed by atoms with Crippen LogP contribution in [0.1, 0.15) is 76.8 Å². The topological polar surface area (TPSA) is 135 Å². The summed E-state index contributed by atoms with van der Waals surface area (Å²) in [5.74, 6) is 6.23. The molecule has 32 heavy (non-hydrogen) atoms. The van der Waals surface area contributed by atoms with Crippen LogP contribution < -0.4 is 22.1 Å². The van der Waals surface area contributed by atoms with Gasteiger partial charge in [-0.2, -0.15) is 0 Å². The minimum atomic E-state index is -1.37. The van der Waals surface area contributed by atoms with Gasteiger partial charge in [0.15, 0.2) is 0 Å². The number of carbonyl (C=O) groups excluding carboxylic acids is 1. The minimum Gasteiger partial charge on any atom is -0.486 e.